The van der Waals surface area contributed by atoms with Crippen molar-refractivity contribution in [2.45, 2.75) is 39.2 Å². The van der Waals surface area contributed by atoms with Crippen molar-refractivity contribution in [3.8, 4) is 5.75 Å². The lowest BCUT2D eigenvalue weighted by molar-refractivity contribution is -0.141. The number of ether oxygens (including phenoxy) is 2. The standard InChI is InChI=1S/C10H11NO2.2C4H8O2/c12-6-8-2-1-7(5-10(8)13)9-3-4-11-9;2*1-3-4(5)6-2/h1-2,5-6,9,11,13H,3-4H2;2*3H2,1-2H3. The first-order valence-corrected chi connectivity index (χ1v) is 8.08. The van der Waals surface area contributed by atoms with Gasteiger partial charge in [0, 0.05) is 18.9 Å². The molecule has 0 bridgehead atoms. The topological polar surface area (TPSA) is 102 Å². The maximum Gasteiger partial charge on any atom is 0.305 e. The van der Waals surface area contributed by atoms with Crippen LogP contribution in [0.4, 0.5) is 0 Å². The molecular weight excluding hydrogens is 326 g/mol. The van der Waals surface area contributed by atoms with E-state index in [1.165, 1.54) is 14.2 Å². The SMILES string of the molecule is CCC(=O)OC.CCC(=O)OC.O=Cc1ccc(C2CCN2)cc1O. The number of aromatic hydroxyl groups is 1. The maximum atomic E-state index is 10.4. The molecule has 1 aliphatic rings. The van der Waals surface area contributed by atoms with Gasteiger partial charge in [-0.3, -0.25) is 14.4 Å². The summed E-state index contributed by atoms with van der Waals surface area (Å²) in [6.07, 6.45) is 2.69. The molecule has 2 rings (SSSR count). The van der Waals surface area contributed by atoms with Crippen LogP contribution in [0.5, 0.6) is 5.75 Å². The van der Waals surface area contributed by atoms with Crippen LogP contribution in [0.1, 0.15) is 55.1 Å². The molecule has 0 radical (unpaired) electrons. The molecule has 7 heteroatoms. The van der Waals surface area contributed by atoms with Gasteiger partial charge in [0.05, 0.1) is 19.8 Å². The van der Waals surface area contributed by atoms with E-state index in [1.54, 1.807) is 26.0 Å². The summed E-state index contributed by atoms with van der Waals surface area (Å²) in [5.41, 5.74) is 1.40. The molecule has 0 amide bonds. The van der Waals surface area contributed by atoms with Crippen LogP contribution in [0, 0.1) is 0 Å². The second kappa shape index (κ2) is 12.9. The zero-order chi connectivity index (χ0) is 19.2. The fourth-order valence-electron chi connectivity index (χ4n) is 1.74. The van der Waals surface area contributed by atoms with Gasteiger partial charge in [-0.2, -0.15) is 0 Å². The Kier molecular flexibility index (Phi) is 11.7. The predicted octanol–water partition coefficient (Wildman–Crippen LogP) is 2.38. The highest BCUT2D eigenvalue weighted by Gasteiger charge is 2.18. The van der Waals surface area contributed by atoms with Crippen LogP contribution < -0.4 is 5.32 Å². The number of esters is 2. The van der Waals surface area contributed by atoms with Crippen molar-refractivity contribution in [1.82, 2.24) is 5.32 Å². The van der Waals surface area contributed by atoms with Gasteiger partial charge in [0.25, 0.3) is 0 Å². The number of phenolic OH excluding ortho intramolecular Hbond substituents is 1. The Morgan fingerprint density at radius 3 is 1.96 bits per heavy atom. The van der Waals surface area contributed by atoms with Crippen molar-refractivity contribution in [2.75, 3.05) is 20.8 Å². The number of nitrogens with one attached hydrogen (secondary N) is 1. The number of phenols is 1. The molecular formula is C18H27NO6. The largest absolute Gasteiger partial charge is 0.507 e. The Balaban J connectivity index is 0.000000406. The van der Waals surface area contributed by atoms with E-state index in [4.69, 9.17) is 0 Å². The first-order chi connectivity index (χ1) is 11.9. The highest BCUT2D eigenvalue weighted by atomic mass is 16.5. The van der Waals surface area contributed by atoms with E-state index in [1.807, 2.05) is 6.07 Å². The molecule has 7 nitrogen and oxygen atoms in total. The second-order valence-electron chi connectivity index (χ2n) is 5.09. The van der Waals surface area contributed by atoms with E-state index in [-0.39, 0.29) is 17.7 Å². The Labute approximate surface area is 148 Å². The first-order valence-electron chi connectivity index (χ1n) is 8.08. The Morgan fingerprint density at radius 2 is 1.72 bits per heavy atom. The van der Waals surface area contributed by atoms with Gasteiger partial charge >= 0.3 is 11.9 Å². The van der Waals surface area contributed by atoms with Crippen molar-refractivity contribution in [2.24, 2.45) is 0 Å². The molecule has 1 atom stereocenters. The van der Waals surface area contributed by atoms with Gasteiger partial charge in [-0.1, -0.05) is 19.9 Å². The number of aldehydes is 1. The number of carbonyl (C=O) groups excluding carboxylic acids is 3. The number of hydrogen-bond donors (Lipinski definition) is 2. The zero-order valence-corrected chi connectivity index (χ0v) is 15.2. The molecule has 0 saturated carbocycles. The normalized spacial score (nSPS) is 14.5. The number of methoxy groups -OCH3 is 2. The highest BCUT2D eigenvalue weighted by Crippen LogP contribution is 2.26. The average Bonchev–Trinajstić information content (AvgIpc) is 2.60. The van der Waals surface area contributed by atoms with Crippen molar-refractivity contribution >= 4 is 18.2 Å². The lowest BCUT2D eigenvalue weighted by Crippen LogP contribution is -2.34. The summed E-state index contributed by atoms with van der Waals surface area (Å²) < 4.78 is 8.52. The van der Waals surface area contributed by atoms with Crippen LogP contribution in [0.25, 0.3) is 0 Å². The Hall–Kier alpha value is -2.41. The zero-order valence-electron chi connectivity index (χ0n) is 15.2. The van der Waals surface area contributed by atoms with E-state index in [0.29, 0.717) is 30.7 Å². The predicted molar refractivity (Wildman–Crippen MR) is 93.5 cm³/mol. The molecule has 140 valence electrons. The smallest absolute Gasteiger partial charge is 0.305 e. The molecule has 1 fully saturated rings. The van der Waals surface area contributed by atoms with Gasteiger partial charge in [0.1, 0.15) is 5.75 Å². The van der Waals surface area contributed by atoms with Crippen molar-refractivity contribution < 1.29 is 29.0 Å². The Bertz CT molecular complexity index is 526. The van der Waals surface area contributed by atoms with Gasteiger partial charge in [-0.15, -0.1) is 0 Å². The summed E-state index contributed by atoms with van der Waals surface area (Å²) in [5.74, 6) is -0.244. The van der Waals surface area contributed by atoms with Gasteiger partial charge in [-0.05, 0) is 30.7 Å². The minimum Gasteiger partial charge on any atom is -0.507 e. The summed E-state index contributed by atoms with van der Waals surface area (Å²) in [4.78, 5) is 30.3. The molecule has 1 heterocycles. The molecule has 1 saturated heterocycles. The number of carbonyl (C=O) groups is 3. The third-order valence-corrected chi connectivity index (χ3v) is 3.44. The van der Waals surface area contributed by atoms with E-state index >= 15 is 0 Å². The van der Waals surface area contributed by atoms with Crippen LogP contribution in [-0.4, -0.2) is 44.1 Å². The van der Waals surface area contributed by atoms with Gasteiger partial charge in [0.2, 0.25) is 0 Å². The van der Waals surface area contributed by atoms with Crippen LogP contribution in [-0.2, 0) is 19.1 Å². The number of rotatable bonds is 4. The van der Waals surface area contributed by atoms with E-state index in [2.05, 4.69) is 14.8 Å². The molecule has 25 heavy (non-hydrogen) atoms. The molecule has 1 aromatic carbocycles. The third-order valence-electron chi connectivity index (χ3n) is 3.44. The summed E-state index contributed by atoms with van der Waals surface area (Å²) in [6.45, 7) is 4.54. The second-order valence-corrected chi connectivity index (χ2v) is 5.09. The molecule has 2 N–H and O–H groups in total. The minimum atomic E-state index is -0.157. The molecule has 1 aromatic rings. The molecule has 1 aliphatic heterocycles. The molecule has 0 aliphatic carbocycles. The molecule has 0 spiro atoms. The quantitative estimate of drug-likeness (QED) is 0.633. The van der Waals surface area contributed by atoms with Crippen LogP contribution in [0.15, 0.2) is 18.2 Å². The summed E-state index contributed by atoms with van der Waals surface area (Å²) in [5, 5.41) is 12.6. The van der Waals surface area contributed by atoms with E-state index in [9.17, 15) is 19.5 Å². The summed E-state index contributed by atoms with van der Waals surface area (Å²) >= 11 is 0. The van der Waals surface area contributed by atoms with Gasteiger partial charge in [-0.25, -0.2) is 0 Å². The van der Waals surface area contributed by atoms with Crippen molar-refractivity contribution in [1.29, 1.82) is 0 Å². The summed E-state index contributed by atoms with van der Waals surface area (Å²) in [6, 6.07) is 5.53. The Morgan fingerprint density at radius 1 is 1.20 bits per heavy atom. The minimum absolute atomic E-state index is 0.0706. The monoisotopic (exact) mass is 353 g/mol. The lowest BCUT2D eigenvalue weighted by atomic mass is 9.97. The van der Waals surface area contributed by atoms with Gasteiger partial charge in [0.15, 0.2) is 6.29 Å². The molecule has 1 unspecified atom stereocenters. The number of hydrogen-bond acceptors (Lipinski definition) is 7. The fraction of sp³-hybridized carbons (Fsp3) is 0.500. The van der Waals surface area contributed by atoms with Crippen LogP contribution in [0.2, 0.25) is 0 Å². The maximum absolute atomic E-state index is 10.4. The number of benzene rings is 1. The molecule has 0 aromatic heterocycles. The average molecular weight is 353 g/mol. The van der Waals surface area contributed by atoms with Crippen LogP contribution >= 0.6 is 0 Å². The first kappa shape index (κ1) is 22.6. The summed E-state index contributed by atoms with van der Waals surface area (Å²) in [7, 11) is 2.76. The van der Waals surface area contributed by atoms with Gasteiger partial charge < -0.3 is 19.9 Å². The highest BCUT2D eigenvalue weighted by molar-refractivity contribution is 5.79. The van der Waals surface area contributed by atoms with E-state index < -0.39 is 0 Å². The fourth-order valence-corrected chi connectivity index (χ4v) is 1.74. The van der Waals surface area contributed by atoms with Crippen LogP contribution in [0.3, 0.4) is 0 Å². The van der Waals surface area contributed by atoms with E-state index in [0.717, 1.165) is 18.5 Å². The van der Waals surface area contributed by atoms with Crippen molar-refractivity contribution in [3.63, 3.8) is 0 Å². The lowest BCUT2D eigenvalue weighted by Gasteiger charge is -2.28. The third kappa shape index (κ3) is 8.85. The van der Waals surface area contributed by atoms with Crippen molar-refractivity contribution in [3.05, 3.63) is 29.3 Å².